The summed E-state index contributed by atoms with van der Waals surface area (Å²) in [5, 5.41) is 0. The van der Waals surface area contributed by atoms with Gasteiger partial charge in [-0.25, -0.2) is 18.4 Å². The van der Waals surface area contributed by atoms with Crippen LogP contribution in [0, 0.1) is 0 Å². The molecule has 0 radical (unpaired) electrons. The molecular weight excluding hydrogens is 335 g/mol. The fraction of sp³-hybridized carbons (Fsp3) is 0.0833. The number of nitrogens with zero attached hydrogens (tertiary/aromatic N) is 4. The number of rotatable bonds is 3. The van der Waals surface area contributed by atoms with Crippen LogP contribution in [0.4, 0.5) is 19.0 Å². The van der Waals surface area contributed by atoms with E-state index in [2.05, 4.69) is 19.7 Å². The Hall–Kier alpha value is -2.69. The van der Waals surface area contributed by atoms with Crippen LogP contribution in [0.1, 0.15) is 5.69 Å². The van der Waals surface area contributed by atoms with Crippen LogP contribution in [0.15, 0.2) is 48.0 Å². The third-order valence-electron chi connectivity index (χ3n) is 2.88. The van der Waals surface area contributed by atoms with E-state index in [1.165, 1.54) is 16.8 Å². The van der Waals surface area contributed by atoms with E-state index in [0.29, 0.717) is 12.3 Å². The lowest BCUT2D eigenvalue weighted by molar-refractivity contribution is -0.141. The molecule has 0 fully saturated rings. The summed E-state index contributed by atoms with van der Waals surface area (Å²) in [4.78, 5) is 10.5. The first-order valence-electron chi connectivity index (χ1n) is 6.11. The van der Waals surface area contributed by atoms with E-state index >= 15 is 0 Å². The van der Waals surface area contributed by atoms with Gasteiger partial charge in [-0.15, -0.1) is 0 Å². The molecule has 23 heavy (non-hydrogen) atoms. The molecule has 0 unspecified atom stereocenters. The second-order valence-electron chi connectivity index (χ2n) is 4.42. The molecule has 3 heterocycles. The van der Waals surface area contributed by atoms with Crippen LogP contribution >= 0.6 is 0 Å². The summed E-state index contributed by atoms with van der Waals surface area (Å²) in [5.74, 6) is -0.0441. The van der Waals surface area contributed by atoms with E-state index in [-0.39, 0.29) is 11.5 Å². The van der Waals surface area contributed by atoms with Crippen molar-refractivity contribution in [2.45, 2.75) is 11.1 Å². The summed E-state index contributed by atoms with van der Waals surface area (Å²) in [7, 11) is -4.14. The molecule has 3 rings (SSSR count). The number of fused-ring (bicyclic) bond motifs is 1. The number of hydrogen-bond donors (Lipinski definition) is 1. The SMILES string of the molecule is O=S(=O)(Nc1nccn2ccnc12)c1ccc(C(F)(F)F)nc1. The minimum atomic E-state index is -4.64. The van der Waals surface area contributed by atoms with Gasteiger partial charge < -0.3 is 4.40 Å². The molecule has 0 aliphatic heterocycles. The molecule has 120 valence electrons. The molecule has 3 aromatic rings. The summed E-state index contributed by atoms with van der Waals surface area (Å²) in [6, 6.07) is 1.42. The number of alkyl halides is 3. The largest absolute Gasteiger partial charge is 0.433 e. The van der Waals surface area contributed by atoms with Gasteiger partial charge in [-0.05, 0) is 12.1 Å². The number of hydrogen-bond acceptors (Lipinski definition) is 5. The van der Waals surface area contributed by atoms with Crippen molar-refractivity contribution in [2.75, 3.05) is 4.72 Å². The highest BCUT2D eigenvalue weighted by atomic mass is 32.2. The zero-order valence-corrected chi connectivity index (χ0v) is 12.0. The summed E-state index contributed by atoms with van der Waals surface area (Å²) in [5.41, 5.74) is -0.916. The van der Waals surface area contributed by atoms with Crippen LogP contribution in [0.25, 0.3) is 5.65 Å². The van der Waals surface area contributed by atoms with Crippen LogP contribution in [-0.4, -0.2) is 27.8 Å². The van der Waals surface area contributed by atoms with Gasteiger partial charge in [0, 0.05) is 31.0 Å². The predicted octanol–water partition coefficient (Wildman–Crippen LogP) is 1.94. The Morgan fingerprint density at radius 1 is 1.04 bits per heavy atom. The minimum absolute atomic E-state index is 0.0441. The first-order valence-corrected chi connectivity index (χ1v) is 7.59. The number of pyridine rings is 1. The number of halogens is 3. The Labute approximate surface area is 127 Å². The standard InChI is InChI=1S/C12H8F3N5O2S/c13-12(14,15)9-2-1-8(7-18-9)23(21,22)19-10-11-17-4-6-20(11)5-3-16-10/h1-7H,(H,16,19). The Balaban J connectivity index is 1.94. The first-order chi connectivity index (χ1) is 10.8. The van der Waals surface area contributed by atoms with Gasteiger partial charge in [0.05, 0.1) is 0 Å². The topological polar surface area (TPSA) is 89.2 Å². The van der Waals surface area contributed by atoms with E-state index < -0.39 is 26.8 Å². The smallest absolute Gasteiger partial charge is 0.302 e. The number of imidazole rings is 1. The van der Waals surface area contributed by atoms with Gasteiger partial charge in [0.15, 0.2) is 11.5 Å². The highest BCUT2D eigenvalue weighted by Gasteiger charge is 2.32. The zero-order chi connectivity index (χ0) is 16.7. The molecule has 0 spiro atoms. The molecule has 0 aliphatic rings. The van der Waals surface area contributed by atoms with Gasteiger partial charge in [0.25, 0.3) is 10.0 Å². The Morgan fingerprint density at radius 3 is 2.35 bits per heavy atom. The molecule has 3 aromatic heterocycles. The fourth-order valence-electron chi connectivity index (χ4n) is 1.82. The maximum Gasteiger partial charge on any atom is 0.433 e. The maximum absolute atomic E-state index is 12.5. The van der Waals surface area contributed by atoms with Crippen LogP contribution in [0.3, 0.4) is 0 Å². The monoisotopic (exact) mass is 343 g/mol. The molecule has 11 heteroatoms. The Morgan fingerprint density at radius 2 is 1.74 bits per heavy atom. The molecule has 0 saturated heterocycles. The number of anilines is 1. The van der Waals surface area contributed by atoms with Crippen molar-refractivity contribution in [3.05, 3.63) is 48.8 Å². The highest BCUT2D eigenvalue weighted by molar-refractivity contribution is 7.92. The van der Waals surface area contributed by atoms with Crippen LogP contribution in [-0.2, 0) is 16.2 Å². The van der Waals surface area contributed by atoms with Crippen LogP contribution in [0.5, 0.6) is 0 Å². The normalized spacial score (nSPS) is 12.5. The quantitative estimate of drug-likeness (QED) is 0.785. The molecule has 7 nitrogen and oxygen atoms in total. The minimum Gasteiger partial charge on any atom is -0.302 e. The Kier molecular flexibility index (Phi) is 3.43. The summed E-state index contributed by atoms with van der Waals surface area (Å²) < 4.78 is 65.5. The van der Waals surface area contributed by atoms with Gasteiger partial charge in [-0.3, -0.25) is 9.71 Å². The van der Waals surface area contributed by atoms with Crippen LogP contribution in [0.2, 0.25) is 0 Å². The number of nitrogens with one attached hydrogen (secondary N) is 1. The second-order valence-corrected chi connectivity index (χ2v) is 6.10. The molecule has 0 aromatic carbocycles. The van der Waals surface area contributed by atoms with Crippen molar-refractivity contribution in [1.29, 1.82) is 0 Å². The lowest BCUT2D eigenvalue weighted by Crippen LogP contribution is -2.16. The van der Waals surface area contributed by atoms with Crippen LogP contribution < -0.4 is 4.72 Å². The maximum atomic E-state index is 12.5. The van der Waals surface area contributed by atoms with E-state index in [4.69, 9.17) is 0 Å². The molecular formula is C12H8F3N5O2S. The first kappa shape index (κ1) is 15.2. The molecule has 0 aliphatic carbocycles. The molecule has 1 N–H and O–H groups in total. The summed E-state index contributed by atoms with van der Waals surface area (Å²) >= 11 is 0. The van der Waals surface area contributed by atoms with Gasteiger partial charge >= 0.3 is 6.18 Å². The van der Waals surface area contributed by atoms with E-state index in [0.717, 1.165) is 6.07 Å². The predicted molar refractivity (Wildman–Crippen MR) is 73.0 cm³/mol. The van der Waals surface area contributed by atoms with E-state index in [1.807, 2.05) is 0 Å². The van der Waals surface area contributed by atoms with Gasteiger partial charge in [-0.2, -0.15) is 13.2 Å². The Bertz CT molecular complexity index is 951. The van der Waals surface area contributed by atoms with E-state index in [9.17, 15) is 21.6 Å². The fourth-order valence-corrected chi connectivity index (χ4v) is 2.77. The molecule has 0 bridgehead atoms. The van der Waals surface area contributed by atoms with Gasteiger partial charge in [0.2, 0.25) is 0 Å². The van der Waals surface area contributed by atoms with Crippen molar-refractivity contribution >= 4 is 21.5 Å². The zero-order valence-electron chi connectivity index (χ0n) is 11.2. The van der Waals surface area contributed by atoms with Gasteiger partial charge in [-0.1, -0.05) is 0 Å². The summed E-state index contributed by atoms with van der Waals surface area (Å²) in [6.07, 6.45) is 1.97. The van der Waals surface area contributed by atoms with Gasteiger partial charge in [0.1, 0.15) is 10.6 Å². The van der Waals surface area contributed by atoms with Crippen molar-refractivity contribution in [1.82, 2.24) is 19.4 Å². The highest BCUT2D eigenvalue weighted by Crippen LogP contribution is 2.28. The molecule has 0 saturated carbocycles. The number of sulfonamides is 1. The molecule has 0 amide bonds. The lowest BCUT2D eigenvalue weighted by Gasteiger charge is -2.09. The lowest BCUT2D eigenvalue weighted by atomic mass is 10.3. The number of aromatic nitrogens is 4. The second kappa shape index (κ2) is 5.19. The van der Waals surface area contributed by atoms with Crippen molar-refractivity contribution in [2.24, 2.45) is 0 Å². The summed E-state index contributed by atoms with van der Waals surface area (Å²) in [6.45, 7) is 0. The third-order valence-corrected chi connectivity index (χ3v) is 4.20. The average molecular weight is 343 g/mol. The third kappa shape index (κ3) is 2.95. The van der Waals surface area contributed by atoms with Crippen molar-refractivity contribution in [3.8, 4) is 0 Å². The van der Waals surface area contributed by atoms with Crippen molar-refractivity contribution in [3.63, 3.8) is 0 Å². The van der Waals surface area contributed by atoms with E-state index in [1.54, 1.807) is 12.4 Å². The molecule has 0 atom stereocenters. The van der Waals surface area contributed by atoms with Crippen molar-refractivity contribution < 1.29 is 21.6 Å². The average Bonchev–Trinajstić information content (AvgIpc) is 2.96.